The van der Waals surface area contributed by atoms with E-state index in [-0.39, 0.29) is 17.8 Å². The van der Waals surface area contributed by atoms with Gasteiger partial charge in [0.2, 0.25) is 0 Å². The van der Waals surface area contributed by atoms with E-state index in [1.54, 1.807) is 25.1 Å². The summed E-state index contributed by atoms with van der Waals surface area (Å²) in [5, 5.41) is 10.4. The second-order valence-electron chi connectivity index (χ2n) is 6.36. The highest BCUT2D eigenvalue weighted by molar-refractivity contribution is 6.08. The van der Waals surface area contributed by atoms with Gasteiger partial charge in [0, 0.05) is 19.5 Å². The zero-order valence-corrected chi connectivity index (χ0v) is 15.9. The lowest BCUT2D eigenvalue weighted by molar-refractivity contribution is -0.129. The molecule has 142 valence electrons. The van der Waals surface area contributed by atoms with Crippen LogP contribution in [-0.2, 0) is 9.59 Å². The molecule has 0 aliphatic carbocycles. The molecule has 1 N–H and O–H groups in total. The van der Waals surface area contributed by atoms with Crippen molar-refractivity contribution in [3.63, 3.8) is 0 Å². The molecule has 0 aromatic heterocycles. The first-order valence-corrected chi connectivity index (χ1v) is 8.49. The van der Waals surface area contributed by atoms with E-state index in [1.165, 1.54) is 19.1 Å². The maximum Gasteiger partial charge on any atom is 0.290 e. The van der Waals surface area contributed by atoms with Gasteiger partial charge in [0.25, 0.3) is 5.91 Å². The van der Waals surface area contributed by atoms with Gasteiger partial charge >= 0.3 is 0 Å². The molecule has 2 rings (SSSR count). The number of aliphatic hydroxyl groups is 1. The van der Waals surface area contributed by atoms with E-state index in [4.69, 9.17) is 9.47 Å². The van der Waals surface area contributed by atoms with Crippen LogP contribution in [0, 0.1) is 0 Å². The smallest absolute Gasteiger partial charge is 0.290 e. The standard InChI is InChI=1S/C19H26N2O5/c1-6-13(22)16-17(12-7-8-14(25-4)15(11-12)26-5)21(10-9-20(2)3)19(24)18(16)23/h7-8,11,17,23H,6,9-10H2,1-5H3. The highest BCUT2D eigenvalue weighted by Crippen LogP contribution is 2.40. The maximum atomic E-state index is 12.6. The molecule has 0 bridgehead atoms. The van der Waals surface area contributed by atoms with Crippen LogP contribution in [0.3, 0.4) is 0 Å². The molecule has 1 aromatic carbocycles. The second-order valence-corrected chi connectivity index (χ2v) is 6.36. The molecule has 0 saturated heterocycles. The van der Waals surface area contributed by atoms with E-state index in [2.05, 4.69) is 0 Å². The number of methoxy groups -OCH3 is 2. The number of aliphatic hydroxyl groups excluding tert-OH is 1. The van der Waals surface area contributed by atoms with Crippen LogP contribution in [0.2, 0.25) is 0 Å². The fourth-order valence-electron chi connectivity index (χ4n) is 3.04. The van der Waals surface area contributed by atoms with Crippen LogP contribution in [-0.4, -0.2) is 68.0 Å². The lowest BCUT2D eigenvalue weighted by Crippen LogP contribution is -2.36. The van der Waals surface area contributed by atoms with Crippen LogP contribution >= 0.6 is 0 Å². The number of Topliss-reactive ketones (excluding diaryl/α,β-unsaturated/α-hetero) is 1. The number of hydrogen-bond acceptors (Lipinski definition) is 6. The van der Waals surface area contributed by atoms with Gasteiger partial charge in [-0.2, -0.15) is 0 Å². The van der Waals surface area contributed by atoms with Crippen molar-refractivity contribution in [2.24, 2.45) is 0 Å². The molecule has 7 heteroatoms. The van der Waals surface area contributed by atoms with Crippen LogP contribution in [0.25, 0.3) is 0 Å². The Kier molecular flexibility index (Phi) is 6.26. The molecule has 0 fully saturated rings. The van der Waals surface area contributed by atoms with Crippen molar-refractivity contribution in [3.05, 3.63) is 35.1 Å². The Bertz CT molecular complexity index is 727. The van der Waals surface area contributed by atoms with Gasteiger partial charge in [-0.3, -0.25) is 9.59 Å². The summed E-state index contributed by atoms with van der Waals surface area (Å²) >= 11 is 0. The zero-order valence-electron chi connectivity index (χ0n) is 15.9. The van der Waals surface area contributed by atoms with Gasteiger partial charge in [0.15, 0.2) is 23.0 Å². The van der Waals surface area contributed by atoms with E-state index in [1.807, 2.05) is 19.0 Å². The van der Waals surface area contributed by atoms with Crippen molar-refractivity contribution in [1.29, 1.82) is 0 Å². The lowest BCUT2D eigenvalue weighted by Gasteiger charge is -2.28. The summed E-state index contributed by atoms with van der Waals surface area (Å²) in [6, 6.07) is 4.60. The average molecular weight is 362 g/mol. The van der Waals surface area contributed by atoms with Crippen LogP contribution in [0.15, 0.2) is 29.5 Å². The van der Waals surface area contributed by atoms with Crippen LogP contribution in [0.5, 0.6) is 11.5 Å². The minimum atomic E-state index is -0.644. The van der Waals surface area contributed by atoms with Crippen molar-refractivity contribution >= 4 is 11.7 Å². The molecular weight excluding hydrogens is 336 g/mol. The van der Waals surface area contributed by atoms with Crippen LogP contribution < -0.4 is 9.47 Å². The summed E-state index contributed by atoms with van der Waals surface area (Å²) in [5.74, 6) is -0.182. The van der Waals surface area contributed by atoms with Gasteiger partial charge in [-0.1, -0.05) is 13.0 Å². The Morgan fingerprint density at radius 3 is 2.42 bits per heavy atom. The van der Waals surface area contributed by atoms with E-state index >= 15 is 0 Å². The summed E-state index contributed by atoms with van der Waals surface area (Å²) in [4.78, 5) is 28.5. The molecule has 1 aliphatic rings. The quantitative estimate of drug-likeness (QED) is 0.761. The number of hydrogen-bond donors (Lipinski definition) is 1. The van der Waals surface area contributed by atoms with Gasteiger partial charge < -0.3 is 24.4 Å². The maximum absolute atomic E-state index is 12.6. The summed E-state index contributed by atoms with van der Waals surface area (Å²) in [5.41, 5.74) is 0.832. The Hall–Kier alpha value is -2.54. The van der Waals surface area contributed by atoms with E-state index in [9.17, 15) is 14.7 Å². The largest absolute Gasteiger partial charge is 0.503 e. The lowest BCUT2D eigenvalue weighted by atomic mass is 9.94. The third kappa shape index (κ3) is 3.67. The first kappa shape index (κ1) is 19.8. The van der Waals surface area contributed by atoms with Crippen molar-refractivity contribution in [1.82, 2.24) is 9.80 Å². The normalized spacial score (nSPS) is 17.2. The fraction of sp³-hybridized carbons (Fsp3) is 0.474. The van der Waals surface area contributed by atoms with Crippen molar-refractivity contribution in [2.45, 2.75) is 19.4 Å². The number of likely N-dealkylation sites (N-methyl/N-ethyl adjacent to an activating group) is 1. The highest BCUT2D eigenvalue weighted by Gasteiger charge is 2.42. The van der Waals surface area contributed by atoms with Crippen LogP contribution in [0.4, 0.5) is 0 Å². The minimum absolute atomic E-state index is 0.142. The third-order valence-corrected chi connectivity index (χ3v) is 4.44. The molecule has 0 spiro atoms. The molecule has 1 aliphatic heterocycles. The highest BCUT2D eigenvalue weighted by atomic mass is 16.5. The Morgan fingerprint density at radius 2 is 1.88 bits per heavy atom. The number of rotatable bonds is 8. The molecule has 0 saturated carbocycles. The molecule has 7 nitrogen and oxygen atoms in total. The predicted octanol–water partition coefficient (Wildman–Crippen LogP) is 1.94. The van der Waals surface area contributed by atoms with Gasteiger partial charge in [-0.15, -0.1) is 0 Å². The molecule has 1 unspecified atom stereocenters. The third-order valence-electron chi connectivity index (χ3n) is 4.44. The zero-order chi connectivity index (χ0) is 19.4. The summed E-state index contributed by atoms with van der Waals surface area (Å²) in [6.45, 7) is 2.70. The Balaban J connectivity index is 2.53. The topological polar surface area (TPSA) is 79.3 Å². The molecule has 1 atom stereocenters. The van der Waals surface area contributed by atoms with Crippen molar-refractivity contribution in [3.8, 4) is 11.5 Å². The number of nitrogens with zero attached hydrogens (tertiary/aromatic N) is 2. The van der Waals surface area contributed by atoms with E-state index < -0.39 is 17.7 Å². The molecule has 0 radical (unpaired) electrons. The van der Waals surface area contributed by atoms with Crippen molar-refractivity contribution < 1.29 is 24.2 Å². The monoisotopic (exact) mass is 362 g/mol. The number of carbonyl (C=O) groups is 2. The first-order chi connectivity index (χ1) is 12.3. The first-order valence-electron chi connectivity index (χ1n) is 8.49. The average Bonchev–Trinajstić information content (AvgIpc) is 2.89. The second kappa shape index (κ2) is 8.23. The van der Waals surface area contributed by atoms with Crippen molar-refractivity contribution in [2.75, 3.05) is 41.4 Å². The van der Waals surface area contributed by atoms with Gasteiger partial charge in [0.1, 0.15) is 0 Å². The molecule has 1 amide bonds. The Morgan fingerprint density at radius 1 is 1.23 bits per heavy atom. The molecule has 1 aromatic rings. The number of ether oxygens (including phenoxy) is 2. The van der Waals surface area contributed by atoms with E-state index in [0.29, 0.717) is 30.2 Å². The molecular formula is C19H26N2O5. The number of ketones is 1. The minimum Gasteiger partial charge on any atom is -0.503 e. The van der Waals surface area contributed by atoms with Gasteiger partial charge in [0.05, 0.1) is 25.8 Å². The fourth-order valence-corrected chi connectivity index (χ4v) is 3.04. The van der Waals surface area contributed by atoms with E-state index in [0.717, 1.165) is 0 Å². The van der Waals surface area contributed by atoms with Gasteiger partial charge in [-0.25, -0.2) is 0 Å². The molecule has 26 heavy (non-hydrogen) atoms. The predicted molar refractivity (Wildman–Crippen MR) is 97.5 cm³/mol. The number of carbonyl (C=O) groups excluding carboxylic acids is 2. The summed E-state index contributed by atoms with van der Waals surface area (Å²) in [7, 11) is 6.86. The Labute approximate surface area is 153 Å². The summed E-state index contributed by atoms with van der Waals surface area (Å²) in [6.07, 6.45) is 0.206. The van der Waals surface area contributed by atoms with Gasteiger partial charge in [-0.05, 0) is 31.8 Å². The summed E-state index contributed by atoms with van der Waals surface area (Å²) < 4.78 is 10.6. The van der Waals surface area contributed by atoms with Crippen LogP contribution in [0.1, 0.15) is 24.9 Å². The number of amides is 1. The molecule has 1 heterocycles. The number of benzene rings is 1. The SMILES string of the molecule is CCC(=O)C1=C(O)C(=O)N(CCN(C)C)C1c1ccc(OC)c(OC)c1.